The Morgan fingerprint density at radius 3 is 2.36 bits per heavy atom. The highest BCUT2D eigenvalue weighted by molar-refractivity contribution is 5.76. The average Bonchev–Trinajstić information content (AvgIpc) is 2.59. The summed E-state index contributed by atoms with van der Waals surface area (Å²) in [6.07, 6.45) is 1.46. The number of alkyl carbamates (subject to hydrolysis) is 1. The number of carbonyl (C=O) groups excluding carboxylic acids is 2. The van der Waals surface area contributed by atoms with E-state index >= 15 is 0 Å². The van der Waals surface area contributed by atoms with Crippen molar-refractivity contribution in [3.8, 4) is 11.5 Å². The number of carbonyl (C=O) groups is 2. The van der Waals surface area contributed by atoms with Crippen molar-refractivity contribution < 1.29 is 23.8 Å². The summed E-state index contributed by atoms with van der Waals surface area (Å²) in [5.74, 6) is 1.41. The highest BCUT2D eigenvalue weighted by Crippen LogP contribution is 2.28. The minimum Gasteiger partial charge on any atom is -0.493 e. The molecule has 0 aromatic heterocycles. The highest BCUT2D eigenvalue weighted by atomic mass is 16.6. The molecule has 0 saturated heterocycles. The Labute approximate surface area is 168 Å². The molecule has 1 rings (SSSR count). The minimum atomic E-state index is -0.546. The molecule has 0 heterocycles. The van der Waals surface area contributed by atoms with E-state index in [9.17, 15) is 9.59 Å². The summed E-state index contributed by atoms with van der Waals surface area (Å²) in [5, 5.41) is 2.75. The number of hydrogen-bond acceptors (Lipinski definition) is 5. The van der Waals surface area contributed by atoms with Crippen LogP contribution in [-0.4, -0.2) is 56.4 Å². The molecule has 0 aliphatic carbocycles. The fourth-order valence-corrected chi connectivity index (χ4v) is 2.74. The molecule has 1 N–H and O–H groups in total. The van der Waals surface area contributed by atoms with Crippen LogP contribution in [0, 0.1) is 0 Å². The molecule has 0 aliphatic heterocycles. The lowest BCUT2D eigenvalue weighted by Crippen LogP contribution is -2.44. The lowest BCUT2D eigenvalue weighted by molar-refractivity contribution is -0.130. The van der Waals surface area contributed by atoms with E-state index in [0.717, 1.165) is 18.4 Å². The standard InChI is InChI=1S/C21H34N2O5/c1-15(22-20(25)28-21(2,3)4)14-23(5)19(24)10-8-9-16-11-12-17(26-6)18(13-16)27-7/h11-13,15H,8-10,14H2,1-7H3,(H,22,25). The monoisotopic (exact) mass is 394 g/mol. The number of nitrogens with zero attached hydrogens (tertiary/aromatic N) is 1. The molecule has 158 valence electrons. The van der Waals surface area contributed by atoms with Crippen LogP contribution < -0.4 is 14.8 Å². The third-order valence-corrected chi connectivity index (χ3v) is 4.04. The number of amides is 2. The predicted octanol–water partition coefficient (Wildman–Crippen LogP) is 3.40. The Kier molecular flexibility index (Phi) is 9.09. The van der Waals surface area contributed by atoms with E-state index in [1.165, 1.54) is 0 Å². The van der Waals surface area contributed by atoms with E-state index in [0.29, 0.717) is 24.5 Å². The van der Waals surface area contributed by atoms with Gasteiger partial charge in [-0.1, -0.05) is 6.07 Å². The lowest BCUT2D eigenvalue weighted by atomic mass is 10.1. The van der Waals surface area contributed by atoms with Crippen molar-refractivity contribution in [2.45, 2.75) is 58.6 Å². The van der Waals surface area contributed by atoms with Crippen molar-refractivity contribution >= 4 is 12.0 Å². The first-order valence-electron chi connectivity index (χ1n) is 9.50. The highest BCUT2D eigenvalue weighted by Gasteiger charge is 2.19. The number of aryl methyl sites for hydroxylation is 1. The Balaban J connectivity index is 2.41. The summed E-state index contributed by atoms with van der Waals surface area (Å²) in [7, 11) is 4.95. The Morgan fingerprint density at radius 2 is 1.79 bits per heavy atom. The molecule has 2 amide bonds. The summed E-state index contributed by atoms with van der Waals surface area (Å²) in [4.78, 5) is 25.8. The van der Waals surface area contributed by atoms with Crippen molar-refractivity contribution in [3.05, 3.63) is 23.8 Å². The van der Waals surface area contributed by atoms with Gasteiger partial charge in [-0.25, -0.2) is 4.79 Å². The number of hydrogen-bond donors (Lipinski definition) is 1. The van der Waals surface area contributed by atoms with Crippen molar-refractivity contribution in [1.82, 2.24) is 10.2 Å². The zero-order chi connectivity index (χ0) is 21.3. The molecule has 28 heavy (non-hydrogen) atoms. The van der Waals surface area contributed by atoms with Gasteiger partial charge >= 0.3 is 6.09 Å². The molecule has 1 atom stereocenters. The van der Waals surface area contributed by atoms with Gasteiger partial charge in [-0.15, -0.1) is 0 Å². The zero-order valence-corrected chi connectivity index (χ0v) is 18.1. The third-order valence-electron chi connectivity index (χ3n) is 4.04. The molecule has 7 heteroatoms. The maximum atomic E-state index is 12.3. The van der Waals surface area contributed by atoms with Crippen LogP contribution in [0.2, 0.25) is 0 Å². The number of nitrogens with one attached hydrogen (secondary N) is 1. The van der Waals surface area contributed by atoms with Crippen molar-refractivity contribution in [2.24, 2.45) is 0 Å². The first-order valence-corrected chi connectivity index (χ1v) is 9.50. The van der Waals surface area contributed by atoms with E-state index in [4.69, 9.17) is 14.2 Å². The fraction of sp³-hybridized carbons (Fsp3) is 0.619. The summed E-state index contributed by atoms with van der Waals surface area (Å²) in [6.45, 7) is 7.70. The number of benzene rings is 1. The van der Waals surface area contributed by atoms with Crippen molar-refractivity contribution in [3.63, 3.8) is 0 Å². The molecule has 0 spiro atoms. The smallest absolute Gasteiger partial charge is 0.407 e. The first kappa shape index (κ1) is 23.6. The van der Waals surface area contributed by atoms with Gasteiger partial charge in [0.1, 0.15) is 5.60 Å². The van der Waals surface area contributed by atoms with Gasteiger partial charge in [-0.3, -0.25) is 4.79 Å². The topological polar surface area (TPSA) is 77.1 Å². The maximum absolute atomic E-state index is 12.3. The van der Waals surface area contributed by atoms with E-state index in [1.54, 1.807) is 26.2 Å². The van der Waals surface area contributed by atoms with Gasteiger partial charge in [0.05, 0.1) is 14.2 Å². The van der Waals surface area contributed by atoms with Gasteiger partial charge in [0.2, 0.25) is 5.91 Å². The molecule has 0 radical (unpaired) electrons. The lowest BCUT2D eigenvalue weighted by Gasteiger charge is -2.25. The molecular weight excluding hydrogens is 360 g/mol. The van der Waals surface area contributed by atoms with Gasteiger partial charge in [0.25, 0.3) is 0 Å². The van der Waals surface area contributed by atoms with Crippen LogP contribution in [0.25, 0.3) is 0 Å². The second-order valence-corrected chi connectivity index (χ2v) is 7.86. The van der Waals surface area contributed by atoms with Crippen LogP contribution in [0.5, 0.6) is 11.5 Å². The number of methoxy groups -OCH3 is 2. The zero-order valence-electron chi connectivity index (χ0n) is 18.1. The summed E-state index contributed by atoms with van der Waals surface area (Å²) in [5.41, 5.74) is 0.545. The average molecular weight is 395 g/mol. The van der Waals surface area contributed by atoms with E-state index in [1.807, 2.05) is 45.9 Å². The van der Waals surface area contributed by atoms with Crippen LogP contribution in [0.3, 0.4) is 0 Å². The summed E-state index contributed by atoms with van der Waals surface area (Å²) < 4.78 is 15.8. The predicted molar refractivity (Wildman–Crippen MR) is 109 cm³/mol. The third kappa shape index (κ3) is 8.50. The van der Waals surface area contributed by atoms with Crippen LogP contribution in [0.4, 0.5) is 4.79 Å². The quantitative estimate of drug-likeness (QED) is 0.695. The Morgan fingerprint density at radius 1 is 1.14 bits per heavy atom. The molecule has 0 saturated carbocycles. The second kappa shape index (κ2) is 10.8. The van der Waals surface area contributed by atoms with Crippen LogP contribution in [0.15, 0.2) is 18.2 Å². The Hall–Kier alpha value is -2.44. The molecule has 0 bridgehead atoms. The largest absolute Gasteiger partial charge is 0.493 e. The van der Waals surface area contributed by atoms with Crippen LogP contribution >= 0.6 is 0 Å². The maximum Gasteiger partial charge on any atom is 0.407 e. The molecule has 1 unspecified atom stereocenters. The molecule has 0 fully saturated rings. The van der Waals surface area contributed by atoms with Gasteiger partial charge in [0.15, 0.2) is 11.5 Å². The number of likely N-dealkylation sites (N-methyl/N-ethyl adjacent to an activating group) is 1. The van der Waals surface area contributed by atoms with Crippen molar-refractivity contribution in [1.29, 1.82) is 0 Å². The second-order valence-electron chi connectivity index (χ2n) is 7.86. The van der Waals surface area contributed by atoms with E-state index in [-0.39, 0.29) is 11.9 Å². The number of rotatable bonds is 9. The van der Waals surface area contributed by atoms with Gasteiger partial charge < -0.3 is 24.4 Å². The van der Waals surface area contributed by atoms with Crippen LogP contribution in [0.1, 0.15) is 46.1 Å². The van der Waals surface area contributed by atoms with Gasteiger partial charge in [0, 0.05) is 26.1 Å². The van der Waals surface area contributed by atoms with Gasteiger partial charge in [-0.2, -0.15) is 0 Å². The normalized spacial score (nSPS) is 12.1. The van der Waals surface area contributed by atoms with Crippen LogP contribution in [-0.2, 0) is 16.0 Å². The molecule has 7 nitrogen and oxygen atoms in total. The molecule has 0 aliphatic rings. The summed E-state index contributed by atoms with van der Waals surface area (Å²) in [6, 6.07) is 5.57. The first-order chi connectivity index (χ1) is 13.1. The van der Waals surface area contributed by atoms with E-state index in [2.05, 4.69) is 5.32 Å². The molecule has 1 aromatic rings. The molecular formula is C21H34N2O5. The minimum absolute atomic E-state index is 0.0401. The van der Waals surface area contributed by atoms with Gasteiger partial charge in [-0.05, 0) is 58.2 Å². The van der Waals surface area contributed by atoms with E-state index < -0.39 is 11.7 Å². The van der Waals surface area contributed by atoms with Crippen molar-refractivity contribution in [2.75, 3.05) is 27.8 Å². The Bertz CT molecular complexity index is 655. The summed E-state index contributed by atoms with van der Waals surface area (Å²) >= 11 is 0. The fourth-order valence-electron chi connectivity index (χ4n) is 2.74. The molecule has 1 aromatic carbocycles. The number of ether oxygens (including phenoxy) is 3. The SMILES string of the molecule is COc1ccc(CCCC(=O)N(C)CC(C)NC(=O)OC(C)(C)C)cc1OC.